The van der Waals surface area contributed by atoms with Crippen molar-refractivity contribution in [3.05, 3.63) is 67.2 Å². The van der Waals surface area contributed by atoms with Gasteiger partial charge in [-0.25, -0.2) is 0 Å². The van der Waals surface area contributed by atoms with Crippen molar-refractivity contribution in [2.24, 2.45) is 0 Å². The quantitative estimate of drug-likeness (QED) is 0.440. The Hall–Kier alpha value is -2.91. The first-order valence-electron chi connectivity index (χ1n) is 9.07. The normalized spacial score (nSPS) is 12.1. The van der Waals surface area contributed by atoms with Gasteiger partial charge in [0.15, 0.2) is 0 Å². The molecule has 0 spiro atoms. The van der Waals surface area contributed by atoms with Crippen LogP contribution in [0, 0.1) is 30.9 Å². The third kappa shape index (κ3) is 4.17. The van der Waals surface area contributed by atoms with Crippen molar-refractivity contribution in [3.8, 4) is 0 Å². The highest BCUT2D eigenvalue weighted by molar-refractivity contribution is 6.35. The van der Waals surface area contributed by atoms with Crippen molar-refractivity contribution in [1.29, 1.82) is 0 Å². The van der Waals surface area contributed by atoms with Gasteiger partial charge in [-0.05, 0) is 45.4 Å². The summed E-state index contributed by atoms with van der Waals surface area (Å²) < 4.78 is 3.07. The lowest BCUT2D eigenvalue weighted by molar-refractivity contribution is -0.385. The van der Waals surface area contributed by atoms with Crippen molar-refractivity contribution in [2.45, 2.75) is 40.3 Å². The van der Waals surface area contributed by atoms with Crippen LogP contribution in [-0.4, -0.2) is 30.4 Å². The number of hydrogen-bond donors (Lipinski definition) is 1. The number of aryl methyl sites for hydroxylation is 1. The van der Waals surface area contributed by atoms with E-state index in [4.69, 9.17) is 23.2 Å². The van der Waals surface area contributed by atoms with Crippen LogP contribution >= 0.6 is 23.2 Å². The van der Waals surface area contributed by atoms with Gasteiger partial charge in [0.2, 0.25) is 5.91 Å². The highest BCUT2D eigenvalue weighted by atomic mass is 35.5. The van der Waals surface area contributed by atoms with Crippen LogP contribution in [0.5, 0.6) is 0 Å². The molecule has 9 nitrogen and oxygen atoms in total. The van der Waals surface area contributed by atoms with E-state index in [1.165, 1.54) is 4.68 Å². The molecule has 3 rings (SSSR count). The van der Waals surface area contributed by atoms with Crippen LogP contribution in [0.2, 0.25) is 10.0 Å². The Labute approximate surface area is 182 Å². The average molecular weight is 451 g/mol. The molecule has 0 aliphatic heterocycles. The molecule has 2 aromatic heterocycles. The van der Waals surface area contributed by atoms with E-state index in [0.717, 1.165) is 17.5 Å². The Morgan fingerprint density at radius 2 is 1.97 bits per heavy atom. The summed E-state index contributed by atoms with van der Waals surface area (Å²) in [6.45, 7) is 7.23. The number of hydrogen-bond acceptors (Lipinski definition) is 5. The van der Waals surface area contributed by atoms with Crippen LogP contribution in [-0.2, 0) is 11.3 Å². The lowest BCUT2D eigenvalue weighted by Crippen LogP contribution is -2.25. The number of nitrogens with zero attached hydrogens (tertiary/aromatic N) is 5. The van der Waals surface area contributed by atoms with Crippen LogP contribution in [0.4, 0.5) is 11.4 Å². The van der Waals surface area contributed by atoms with E-state index >= 15 is 0 Å². The fourth-order valence-corrected chi connectivity index (χ4v) is 3.63. The molecule has 1 amide bonds. The number of benzene rings is 1. The first-order chi connectivity index (χ1) is 14.1. The maximum absolute atomic E-state index is 12.8. The molecule has 11 heteroatoms. The summed E-state index contributed by atoms with van der Waals surface area (Å²) in [5.41, 5.74) is 3.00. The van der Waals surface area contributed by atoms with Gasteiger partial charge in [0.05, 0.1) is 28.5 Å². The van der Waals surface area contributed by atoms with Crippen LogP contribution in [0.25, 0.3) is 0 Å². The second-order valence-corrected chi connectivity index (χ2v) is 7.76. The maximum Gasteiger partial charge on any atom is 0.309 e. The van der Waals surface area contributed by atoms with Gasteiger partial charge < -0.3 is 5.32 Å². The molecule has 0 aliphatic rings. The summed E-state index contributed by atoms with van der Waals surface area (Å²) in [5, 5.41) is 23.5. The number of amides is 1. The van der Waals surface area contributed by atoms with Crippen molar-refractivity contribution >= 4 is 40.5 Å². The molecule has 0 radical (unpaired) electrons. The van der Waals surface area contributed by atoms with Crippen molar-refractivity contribution in [2.75, 3.05) is 5.32 Å². The summed E-state index contributed by atoms with van der Waals surface area (Å²) in [4.78, 5) is 23.3. The van der Waals surface area contributed by atoms with E-state index in [0.29, 0.717) is 33.7 Å². The van der Waals surface area contributed by atoms with Crippen LogP contribution in [0.3, 0.4) is 0 Å². The molecule has 0 fully saturated rings. The largest absolute Gasteiger partial charge is 0.321 e. The summed E-state index contributed by atoms with van der Waals surface area (Å²) in [6.07, 6.45) is 1.14. The zero-order valence-electron chi connectivity index (χ0n) is 16.8. The smallest absolute Gasteiger partial charge is 0.309 e. The molecule has 0 bridgehead atoms. The van der Waals surface area contributed by atoms with Crippen molar-refractivity contribution in [3.63, 3.8) is 0 Å². The first kappa shape index (κ1) is 21.8. The Balaban J connectivity index is 1.81. The average Bonchev–Trinajstić information content (AvgIpc) is 3.18. The number of carbonyl (C=O) groups excluding carboxylic acids is 1. The Kier molecular flexibility index (Phi) is 6.14. The summed E-state index contributed by atoms with van der Waals surface area (Å²) in [7, 11) is 0. The maximum atomic E-state index is 12.8. The SMILES string of the molecule is Cc1nn(Cc2ccc(Cl)cc2Cl)c(C)c1NC(=O)C(C)n1ncc([N+](=O)[O-])c1C. The van der Waals surface area contributed by atoms with E-state index in [9.17, 15) is 14.9 Å². The van der Waals surface area contributed by atoms with Crippen molar-refractivity contribution < 1.29 is 9.72 Å². The summed E-state index contributed by atoms with van der Waals surface area (Å²) in [5.74, 6) is -0.355. The van der Waals surface area contributed by atoms with Gasteiger partial charge in [-0.15, -0.1) is 0 Å². The molecule has 3 aromatic rings. The molecule has 158 valence electrons. The van der Waals surface area contributed by atoms with E-state index < -0.39 is 11.0 Å². The Bertz CT molecular complexity index is 1140. The third-order valence-electron chi connectivity index (χ3n) is 4.93. The Morgan fingerprint density at radius 1 is 1.27 bits per heavy atom. The molecule has 1 atom stereocenters. The molecule has 2 heterocycles. The van der Waals surface area contributed by atoms with Gasteiger partial charge in [-0.3, -0.25) is 24.3 Å². The minimum atomic E-state index is -0.744. The van der Waals surface area contributed by atoms with Gasteiger partial charge in [0.1, 0.15) is 17.9 Å². The number of aromatic nitrogens is 4. The molecule has 0 aliphatic carbocycles. The predicted octanol–water partition coefficient (Wildman–Crippen LogP) is 4.47. The molecule has 0 saturated carbocycles. The van der Waals surface area contributed by atoms with Crippen molar-refractivity contribution in [1.82, 2.24) is 19.6 Å². The van der Waals surface area contributed by atoms with Crippen LogP contribution in [0.1, 0.15) is 35.6 Å². The molecule has 30 heavy (non-hydrogen) atoms. The van der Waals surface area contributed by atoms with Gasteiger partial charge in [0.25, 0.3) is 0 Å². The van der Waals surface area contributed by atoms with Crippen LogP contribution in [0.15, 0.2) is 24.4 Å². The van der Waals surface area contributed by atoms with E-state index in [1.807, 2.05) is 13.0 Å². The monoisotopic (exact) mass is 450 g/mol. The zero-order chi connectivity index (χ0) is 22.2. The predicted molar refractivity (Wildman–Crippen MR) is 114 cm³/mol. The van der Waals surface area contributed by atoms with Gasteiger partial charge in [0, 0.05) is 10.0 Å². The standard InChI is InChI=1S/C19H20Cl2N6O3/c1-10-18(12(3)25(24-10)9-14-5-6-15(20)7-16(14)21)23-19(28)13(4)26-11(2)17(8-22-26)27(29)30/h5-8,13H,9H2,1-4H3,(H,23,28). The van der Waals surface area contributed by atoms with E-state index in [1.54, 1.807) is 37.6 Å². The topological polar surface area (TPSA) is 108 Å². The number of nitro groups is 1. The third-order valence-corrected chi connectivity index (χ3v) is 5.51. The number of carbonyl (C=O) groups is 1. The highest BCUT2D eigenvalue weighted by Crippen LogP contribution is 2.26. The van der Waals surface area contributed by atoms with E-state index in [-0.39, 0.29) is 11.6 Å². The lowest BCUT2D eigenvalue weighted by Gasteiger charge is -2.14. The second kappa shape index (κ2) is 8.45. The minimum Gasteiger partial charge on any atom is -0.321 e. The molecular weight excluding hydrogens is 431 g/mol. The van der Waals surface area contributed by atoms with E-state index in [2.05, 4.69) is 15.5 Å². The van der Waals surface area contributed by atoms with Gasteiger partial charge >= 0.3 is 5.69 Å². The molecule has 1 unspecified atom stereocenters. The second-order valence-electron chi connectivity index (χ2n) is 6.92. The number of anilines is 1. The fraction of sp³-hybridized carbons (Fsp3) is 0.316. The fourth-order valence-electron chi connectivity index (χ4n) is 3.17. The molecule has 1 aromatic carbocycles. The number of rotatable bonds is 6. The lowest BCUT2D eigenvalue weighted by atomic mass is 10.2. The summed E-state index contributed by atoms with van der Waals surface area (Å²) >= 11 is 12.2. The molecule has 0 saturated heterocycles. The number of nitrogens with one attached hydrogen (secondary N) is 1. The van der Waals surface area contributed by atoms with Crippen LogP contribution < -0.4 is 5.32 Å². The van der Waals surface area contributed by atoms with Gasteiger partial charge in [-0.2, -0.15) is 10.2 Å². The molecule has 1 N–H and O–H groups in total. The number of halogens is 2. The molecular formula is C19H20Cl2N6O3. The zero-order valence-corrected chi connectivity index (χ0v) is 18.3. The highest BCUT2D eigenvalue weighted by Gasteiger charge is 2.25. The Morgan fingerprint density at radius 3 is 2.57 bits per heavy atom. The van der Waals surface area contributed by atoms with Gasteiger partial charge in [-0.1, -0.05) is 29.3 Å². The minimum absolute atomic E-state index is 0.130. The first-order valence-corrected chi connectivity index (χ1v) is 9.83. The summed E-state index contributed by atoms with van der Waals surface area (Å²) in [6, 6.07) is 4.51.